The minimum Gasteiger partial charge on any atom is -0.493 e. The van der Waals surface area contributed by atoms with Crippen LogP contribution in [-0.4, -0.2) is 37.6 Å². The molecule has 0 aliphatic carbocycles. The zero-order valence-corrected chi connectivity index (χ0v) is 20.6. The van der Waals surface area contributed by atoms with Crippen LogP contribution in [0.25, 0.3) is 0 Å². The Bertz CT molecular complexity index is 1150. The molecule has 2 atom stereocenters. The maximum Gasteiger partial charge on any atom is 0.224 e. The number of fused-ring (bicyclic) bond motifs is 1. The summed E-state index contributed by atoms with van der Waals surface area (Å²) in [5, 5.41) is 3.28. The van der Waals surface area contributed by atoms with E-state index in [9.17, 15) is 9.18 Å². The van der Waals surface area contributed by atoms with Crippen LogP contribution in [0.5, 0.6) is 11.5 Å². The third kappa shape index (κ3) is 5.65. The molecule has 35 heavy (non-hydrogen) atoms. The molecule has 0 saturated carbocycles. The van der Waals surface area contributed by atoms with Gasteiger partial charge in [0.15, 0.2) is 11.5 Å². The summed E-state index contributed by atoms with van der Waals surface area (Å²) in [6.07, 6.45) is 1.85. The van der Waals surface area contributed by atoms with E-state index in [2.05, 4.69) is 17.1 Å². The molecule has 3 aromatic rings. The fraction of sp³-hybridized carbons (Fsp3) is 0.345. The van der Waals surface area contributed by atoms with Crippen molar-refractivity contribution >= 4 is 5.91 Å². The van der Waals surface area contributed by atoms with Crippen LogP contribution in [-0.2, 0) is 24.2 Å². The normalized spacial score (nSPS) is 16.3. The van der Waals surface area contributed by atoms with Gasteiger partial charge in [0.25, 0.3) is 0 Å². The molecule has 184 valence electrons. The Balaban J connectivity index is 1.68. The van der Waals surface area contributed by atoms with Crippen molar-refractivity contribution in [3.63, 3.8) is 0 Å². The number of halogens is 1. The van der Waals surface area contributed by atoms with Crippen LogP contribution >= 0.6 is 0 Å². The van der Waals surface area contributed by atoms with Gasteiger partial charge in [0.2, 0.25) is 5.91 Å². The minimum absolute atomic E-state index is 0.0264. The van der Waals surface area contributed by atoms with Gasteiger partial charge in [-0.25, -0.2) is 4.39 Å². The van der Waals surface area contributed by atoms with E-state index in [0.29, 0.717) is 30.0 Å². The lowest BCUT2D eigenvalue weighted by Crippen LogP contribution is -2.48. The number of nitrogens with one attached hydrogen (secondary N) is 1. The van der Waals surface area contributed by atoms with Gasteiger partial charge >= 0.3 is 0 Å². The van der Waals surface area contributed by atoms with Gasteiger partial charge < -0.3 is 14.8 Å². The molecular formula is C29H33FN2O3. The van der Waals surface area contributed by atoms with Crippen molar-refractivity contribution in [2.24, 2.45) is 0 Å². The minimum atomic E-state index is -0.217. The number of nitrogens with zero attached hydrogens (tertiary/aromatic N) is 1. The maximum atomic E-state index is 14.6. The largest absolute Gasteiger partial charge is 0.493 e. The highest BCUT2D eigenvalue weighted by Gasteiger charge is 2.35. The fourth-order valence-corrected chi connectivity index (χ4v) is 4.97. The summed E-state index contributed by atoms with van der Waals surface area (Å²) in [6.45, 7) is 3.27. The number of benzene rings is 3. The molecule has 0 radical (unpaired) electrons. The zero-order valence-electron chi connectivity index (χ0n) is 20.6. The van der Waals surface area contributed by atoms with Crippen LogP contribution in [0, 0.1) is 5.82 Å². The average molecular weight is 477 g/mol. The van der Waals surface area contributed by atoms with Gasteiger partial charge in [-0.05, 0) is 47.7 Å². The first-order valence-corrected chi connectivity index (χ1v) is 12.1. The zero-order chi connectivity index (χ0) is 24.8. The van der Waals surface area contributed by atoms with Gasteiger partial charge in [-0.1, -0.05) is 55.5 Å². The molecule has 3 aromatic carbocycles. The highest BCUT2D eigenvalue weighted by atomic mass is 19.1. The second-order valence-corrected chi connectivity index (χ2v) is 8.91. The topological polar surface area (TPSA) is 50.8 Å². The summed E-state index contributed by atoms with van der Waals surface area (Å²) >= 11 is 0. The molecule has 1 amide bonds. The summed E-state index contributed by atoms with van der Waals surface area (Å²) in [6, 6.07) is 20.4. The van der Waals surface area contributed by atoms with Crippen molar-refractivity contribution in [2.45, 2.75) is 44.8 Å². The lowest BCUT2D eigenvalue weighted by atomic mass is 9.86. The molecule has 1 aliphatic heterocycles. The quantitative estimate of drug-likeness (QED) is 0.468. The van der Waals surface area contributed by atoms with Gasteiger partial charge in [-0.15, -0.1) is 0 Å². The van der Waals surface area contributed by atoms with Crippen molar-refractivity contribution in [1.82, 2.24) is 10.2 Å². The standard InChI is InChI=1S/C29H33FN2O3/c1-4-25(31-28(33)16-20-10-6-5-7-11-20)29-23-18-27(35-3)26(34-2)17-21(23)14-15-32(29)19-22-12-8-9-13-24(22)30/h5-13,17-18,25,29H,4,14-16,19H2,1-3H3,(H,31,33). The van der Waals surface area contributed by atoms with E-state index >= 15 is 0 Å². The first-order chi connectivity index (χ1) is 17.0. The third-order valence-corrected chi connectivity index (χ3v) is 6.73. The molecule has 0 saturated heterocycles. The second kappa shape index (κ2) is 11.4. The molecule has 6 heteroatoms. The Morgan fingerprint density at radius 2 is 1.74 bits per heavy atom. The number of rotatable bonds is 9. The van der Waals surface area contributed by atoms with Gasteiger partial charge in [0.1, 0.15) is 5.82 Å². The van der Waals surface area contributed by atoms with Crippen molar-refractivity contribution in [1.29, 1.82) is 0 Å². The summed E-state index contributed by atoms with van der Waals surface area (Å²) in [4.78, 5) is 15.3. The lowest BCUT2D eigenvalue weighted by molar-refractivity contribution is -0.121. The monoisotopic (exact) mass is 476 g/mol. The van der Waals surface area contributed by atoms with Crippen molar-refractivity contribution in [2.75, 3.05) is 20.8 Å². The molecule has 2 unspecified atom stereocenters. The second-order valence-electron chi connectivity index (χ2n) is 8.91. The maximum absolute atomic E-state index is 14.6. The molecule has 1 aliphatic rings. The number of carbonyl (C=O) groups excluding carboxylic acids is 1. The van der Waals surface area contributed by atoms with Gasteiger partial charge in [0, 0.05) is 24.7 Å². The average Bonchev–Trinajstić information content (AvgIpc) is 2.88. The van der Waals surface area contributed by atoms with Crippen molar-refractivity contribution < 1.29 is 18.7 Å². The van der Waals surface area contributed by atoms with Crippen LogP contribution in [0.15, 0.2) is 66.7 Å². The molecule has 4 rings (SSSR count). The van der Waals surface area contributed by atoms with Crippen LogP contribution in [0.3, 0.4) is 0 Å². The highest BCUT2D eigenvalue weighted by molar-refractivity contribution is 5.79. The molecule has 5 nitrogen and oxygen atoms in total. The predicted molar refractivity (Wildman–Crippen MR) is 135 cm³/mol. The molecule has 0 spiro atoms. The molecule has 1 N–H and O–H groups in total. The van der Waals surface area contributed by atoms with E-state index in [1.807, 2.05) is 54.6 Å². The van der Waals surface area contributed by atoms with E-state index in [1.54, 1.807) is 20.3 Å². The number of hydrogen-bond acceptors (Lipinski definition) is 4. The SMILES string of the molecule is CCC(NC(=O)Cc1ccccc1)C1c2cc(OC)c(OC)cc2CCN1Cc1ccccc1F. The number of carbonyl (C=O) groups is 1. The van der Waals surface area contributed by atoms with Crippen LogP contribution in [0.2, 0.25) is 0 Å². The predicted octanol–water partition coefficient (Wildman–Crippen LogP) is 5.08. The van der Waals surface area contributed by atoms with Gasteiger partial charge in [-0.3, -0.25) is 9.69 Å². The van der Waals surface area contributed by atoms with Gasteiger partial charge in [-0.2, -0.15) is 0 Å². The van der Waals surface area contributed by atoms with E-state index in [1.165, 1.54) is 6.07 Å². The fourth-order valence-electron chi connectivity index (χ4n) is 4.97. The van der Waals surface area contributed by atoms with E-state index < -0.39 is 0 Å². The molecule has 0 aromatic heterocycles. The smallest absolute Gasteiger partial charge is 0.224 e. The van der Waals surface area contributed by atoms with E-state index in [4.69, 9.17) is 9.47 Å². The Morgan fingerprint density at radius 1 is 1.06 bits per heavy atom. The van der Waals surface area contributed by atoms with Crippen LogP contribution < -0.4 is 14.8 Å². The summed E-state index contributed by atoms with van der Waals surface area (Å²) in [5.41, 5.74) is 3.86. The number of ether oxygens (including phenoxy) is 2. The van der Waals surface area contributed by atoms with Crippen LogP contribution in [0.1, 0.15) is 41.6 Å². The first kappa shape index (κ1) is 24.7. The molecule has 0 bridgehead atoms. The Labute approximate surface area is 206 Å². The lowest BCUT2D eigenvalue weighted by Gasteiger charge is -2.42. The van der Waals surface area contributed by atoms with E-state index in [0.717, 1.165) is 36.1 Å². The van der Waals surface area contributed by atoms with E-state index in [-0.39, 0.29) is 23.8 Å². The summed E-state index contributed by atoms with van der Waals surface area (Å²) in [5.74, 6) is 1.09. The Kier molecular flexibility index (Phi) is 8.03. The molecule has 1 heterocycles. The summed E-state index contributed by atoms with van der Waals surface area (Å²) in [7, 11) is 3.26. The van der Waals surface area contributed by atoms with Crippen molar-refractivity contribution in [3.8, 4) is 11.5 Å². The molecular weight excluding hydrogens is 443 g/mol. The summed E-state index contributed by atoms with van der Waals surface area (Å²) < 4.78 is 25.7. The highest BCUT2D eigenvalue weighted by Crippen LogP contribution is 2.40. The molecule has 0 fully saturated rings. The number of hydrogen-bond donors (Lipinski definition) is 1. The third-order valence-electron chi connectivity index (χ3n) is 6.73. The van der Waals surface area contributed by atoms with Crippen molar-refractivity contribution in [3.05, 3.63) is 94.8 Å². The van der Waals surface area contributed by atoms with Gasteiger partial charge in [0.05, 0.1) is 26.7 Å². The Hall–Kier alpha value is -3.38. The first-order valence-electron chi connectivity index (χ1n) is 12.1. The van der Waals surface area contributed by atoms with Crippen LogP contribution in [0.4, 0.5) is 4.39 Å². The number of amides is 1. The number of methoxy groups -OCH3 is 2. The Morgan fingerprint density at radius 3 is 2.43 bits per heavy atom.